The van der Waals surface area contributed by atoms with Gasteiger partial charge in [0.2, 0.25) is 0 Å². The number of amides is 1. The molecule has 4 heterocycles. The van der Waals surface area contributed by atoms with E-state index in [1.807, 2.05) is 24.3 Å². The van der Waals surface area contributed by atoms with Gasteiger partial charge >= 0.3 is 6.61 Å². The third-order valence-corrected chi connectivity index (χ3v) is 7.28. The molecule has 43 heavy (non-hydrogen) atoms. The molecule has 1 aliphatic heterocycles. The summed E-state index contributed by atoms with van der Waals surface area (Å²) in [6.07, 6.45) is 8.24. The monoisotopic (exact) mass is 589 g/mol. The van der Waals surface area contributed by atoms with Crippen molar-refractivity contribution >= 4 is 17.2 Å². The van der Waals surface area contributed by atoms with Gasteiger partial charge in [-0.25, -0.2) is 9.50 Å². The summed E-state index contributed by atoms with van der Waals surface area (Å²) in [7, 11) is 1.65. The zero-order chi connectivity index (χ0) is 29.9. The van der Waals surface area contributed by atoms with Gasteiger partial charge in [-0.3, -0.25) is 14.4 Å². The van der Waals surface area contributed by atoms with Gasteiger partial charge in [0.25, 0.3) is 5.91 Å². The van der Waals surface area contributed by atoms with E-state index in [0.717, 1.165) is 31.5 Å². The number of aliphatic hydroxyl groups excluding tert-OH is 1. The molecule has 1 amide bonds. The minimum atomic E-state index is -3.08. The van der Waals surface area contributed by atoms with Crippen molar-refractivity contribution in [1.82, 2.24) is 29.3 Å². The highest BCUT2D eigenvalue weighted by atomic mass is 19.3. The van der Waals surface area contributed by atoms with E-state index in [4.69, 9.17) is 9.47 Å². The number of halogens is 2. The van der Waals surface area contributed by atoms with Crippen LogP contribution in [0.5, 0.6) is 17.2 Å². The Bertz CT molecular complexity index is 1740. The number of anilines is 1. The van der Waals surface area contributed by atoms with Gasteiger partial charge in [0, 0.05) is 38.2 Å². The topological polar surface area (TPSA) is 119 Å². The van der Waals surface area contributed by atoms with Crippen molar-refractivity contribution in [3.8, 4) is 28.5 Å². The summed E-state index contributed by atoms with van der Waals surface area (Å²) in [5.74, 6) is 0.283. The molecule has 0 aliphatic carbocycles. The minimum Gasteiger partial charge on any atom is -0.457 e. The molecule has 0 unspecified atom stereocenters. The number of carbonyl (C=O) groups is 1. The van der Waals surface area contributed by atoms with Crippen LogP contribution >= 0.6 is 0 Å². The third kappa shape index (κ3) is 6.17. The molecule has 0 radical (unpaired) electrons. The number of aryl methyl sites for hydroxylation is 1. The minimum absolute atomic E-state index is 0.131. The Morgan fingerprint density at radius 1 is 1.19 bits per heavy atom. The van der Waals surface area contributed by atoms with Crippen LogP contribution in [0.15, 0.2) is 73.3 Å². The number of benzene rings is 2. The highest BCUT2D eigenvalue weighted by Crippen LogP contribution is 2.39. The first-order chi connectivity index (χ1) is 20.9. The quantitative estimate of drug-likeness (QED) is 0.240. The zero-order valence-corrected chi connectivity index (χ0v) is 23.2. The van der Waals surface area contributed by atoms with E-state index >= 15 is 0 Å². The highest BCUT2D eigenvalue weighted by molar-refractivity contribution is 6.09. The van der Waals surface area contributed by atoms with Crippen molar-refractivity contribution < 1.29 is 28.2 Å². The average Bonchev–Trinajstić information content (AvgIpc) is 3.73. The van der Waals surface area contributed by atoms with Crippen LogP contribution in [0.2, 0.25) is 0 Å². The molecular weight excluding hydrogens is 560 g/mol. The van der Waals surface area contributed by atoms with Crippen LogP contribution in [0.3, 0.4) is 0 Å². The molecule has 1 fully saturated rings. The summed E-state index contributed by atoms with van der Waals surface area (Å²) in [6.45, 7) is -1.25. The molecule has 5 aromatic rings. The van der Waals surface area contributed by atoms with E-state index in [-0.39, 0.29) is 40.9 Å². The number of likely N-dealkylation sites (tertiary alicyclic amines) is 1. The molecule has 13 heteroatoms. The van der Waals surface area contributed by atoms with E-state index in [1.54, 1.807) is 31.7 Å². The molecule has 2 N–H and O–H groups in total. The lowest BCUT2D eigenvalue weighted by Gasteiger charge is -2.22. The van der Waals surface area contributed by atoms with Crippen molar-refractivity contribution in [2.45, 2.75) is 32.0 Å². The molecule has 222 valence electrons. The van der Waals surface area contributed by atoms with Crippen LogP contribution in [0.25, 0.3) is 16.9 Å². The maximum absolute atomic E-state index is 13.4. The van der Waals surface area contributed by atoms with E-state index < -0.39 is 12.5 Å². The lowest BCUT2D eigenvalue weighted by atomic mass is 10.1. The first kappa shape index (κ1) is 28.2. The van der Waals surface area contributed by atoms with Crippen LogP contribution in [0.4, 0.5) is 14.5 Å². The largest absolute Gasteiger partial charge is 0.457 e. The number of ether oxygens (including phenoxy) is 2. The zero-order valence-electron chi connectivity index (χ0n) is 23.2. The smallest absolute Gasteiger partial charge is 0.387 e. The first-order valence-electron chi connectivity index (χ1n) is 13.7. The van der Waals surface area contributed by atoms with Gasteiger partial charge in [-0.2, -0.15) is 19.0 Å². The molecule has 6 rings (SSSR count). The highest BCUT2D eigenvalue weighted by Gasteiger charge is 2.24. The Labute approximate surface area is 245 Å². The van der Waals surface area contributed by atoms with Gasteiger partial charge in [-0.05, 0) is 61.3 Å². The normalized spacial score (nSPS) is 15.3. The second-order valence-corrected chi connectivity index (χ2v) is 10.2. The number of alkyl halides is 2. The molecule has 0 saturated carbocycles. The molecular formula is C30H29F2N7O4. The molecule has 11 nitrogen and oxygen atoms in total. The van der Waals surface area contributed by atoms with Crippen LogP contribution < -0.4 is 14.8 Å². The average molecular weight is 590 g/mol. The number of nitrogens with zero attached hydrogens (tertiary/aromatic N) is 6. The number of hydrogen-bond acceptors (Lipinski definition) is 8. The van der Waals surface area contributed by atoms with Crippen molar-refractivity contribution in [1.29, 1.82) is 0 Å². The Morgan fingerprint density at radius 2 is 2.00 bits per heavy atom. The number of aromatic nitrogens is 5. The van der Waals surface area contributed by atoms with E-state index in [0.29, 0.717) is 17.1 Å². The molecule has 1 aliphatic rings. The SMILES string of the molecule is Cn1cc(NC(=O)c2cnn3cccnc23)c(-c2cc(Oc3ccc(CN4CCC[C@@H]4CO)cc3)ccc2OC(F)F)n1. The second kappa shape index (κ2) is 12.2. The summed E-state index contributed by atoms with van der Waals surface area (Å²) < 4.78 is 40.5. The molecule has 3 aromatic heterocycles. The second-order valence-electron chi connectivity index (χ2n) is 10.2. The van der Waals surface area contributed by atoms with Crippen molar-refractivity contribution in [2.24, 2.45) is 7.05 Å². The number of aliphatic hydroxyl groups is 1. The molecule has 0 bridgehead atoms. The molecule has 1 atom stereocenters. The van der Waals surface area contributed by atoms with Gasteiger partial charge in [0.15, 0.2) is 5.65 Å². The van der Waals surface area contributed by atoms with Gasteiger partial charge < -0.3 is 19.9 Å². The maximum atomic E-state index is 13.4. The molecule has 1 saturated heterocycles. The summed E-state index contributed by atoms with van der Waals surface area (Å²) in [5, 5.41) is 21.0. The lowest BCUT2D eigenvalue weighted by molar-refractivity contribution is -0.0494. The Kier molecular flexibility index (Phi) is 7.99. The standard InChI is InChI=1S/C30H29F2N7O4/c1-37-17-25(35-29(41)24-15-34-39-13-3-11-33-28(24)39)27(36-37)23-14-22(9-10-26(23)43-30(31)32)42-21-7-5-19(6-8-21)16-38-12-2-4-20(38)18-40/h3,5-11,13-15,17,20,30,40H,2,4,12,16,18H2,1H3,(H,35,41)/t20-/m1/s1. The summed E-state index contributed by atoms with van der Waals surface area (Å²) in [4.78, 5) is 19.7. The first-order valence-corrected chi connectivity index (χ1v) is 13.7. The molecule has 0 spiro atoms. The van der Waals surface area contributed by atoms with Gasteiger partial charge in [-0.1, -0.05) is 12.1 Å². The number of carbonyl (C=O) groups excluding carboxylic acids is 1. The number of fused-ring (bicyclic) bond motifs is 1. The maximum Gasteiger partial charge on any atom is 0.387 e. The number of rotatable bonds is 10. The van der Waals surface area contributed by atoms with E-state index in [1.165, 1.54) is 33.6 Å². The van der Waals surface area contributed by atoms with E-state index in [2.05, 4.69) is 25.4 Å². The van der Waals surface area contributed by atoms with Crippen LogP contribution in [0, 0.1) is 0 Å². The van der Waals surface area contributed by atoms with E-state index in [9.17, 15) is 18.7 Å². The van der Waals surface area contributed by atoms with Crippen LogP contribution in [-0.2, 0) is 13.6 Å². The van der Waals surface area contributed by atoms with Gasteiger partial charge in [0.1, 0.15) is 28.5 Å². The van der Waals surface area contributed by atoms with Crippen molar-refractivity contribution in [3.63, 3.8) is 0 Å². The Hall–Kier alpha value is -4.88. The van der Waals surface area contributed by atoms with Crippen LogP contribution in [-0.4, -0.2) is 66.1 Å². The fraction of sp³-hybridized carbons (Fsp3) is 0.267. The molecule has 2 aromatic carbocycles. The third-order valence-electron chi connectivity index (χ3n) is 7.28. The van der Waals surface area contributed by atoms with Crippen molar-refractivity contribution in [3.05, 3.63) is 84.4 Å². The van der Waals surface area contributed by atoms with Crippen molar-refractivity contribution in [2.75, 3.05) is 18.5 Å². The Balaban J connectivity index is 1.26. The summed E-state index contributed by atoms with van der Waals surface area (Å²) in [6, 6.07) is 13.9. The summed E-state index contributed by atoms with van der Waals surface area (Å²) >= 11 is 0. The number of hydrogen-bond donors (Lipinski definition) is 2. The summed E-state index contributed by atoms with van der Waals surface area (Å²) in [5.41, 5.74) is 2.36. The fourth-order valence-electron chi connectivity index (χ4n) is 5.26. The van der Waals surface area contributed by atoms with Gasteiger partial charge in [0.05, 0.1) is 24.1 Å². The lowest BCUT2D eigenvalue weighted by Crippen LogP contribution is -2.31. The Morgan fingerprint density at radius 3 is 2.79 bits per heavy atom. The van der Waals surface area contributed by atoms with Crippen LogP contribution in [0.1, 0.15) is 28.8 Å². The fourth-order valence-corrected chi connectivity index (χ4v) is 5.26. The predicted octanol–water partition coefficient (Wildman–Crippen LogP) is 4.73. The van der Waals surface area contributed by atoms with Gasteiger partial charge in [-0.15, -0.1) is 0 Å². The predicted molar refractivity (Wildman–Crippen MR) is 153 cm³/mol. The number of nitrogens with one attached hydrogen (secondary N) is 1.